The molecule has 1 saturated carbocycles. The second-order valence-electron chi connectivity index (χ2n) is 10.8. The Morgan fingerprint density at radius 3 is 2.59 bits per heavy atom. The summed E-state index contributed by atoms with van der Waals surface area (Å²) in [5.74, 6) is 0.275. The molecule has 2 aromatic carbocycles. The van der Waals surface area contributed by atoms with E-state index in [9.17, 15) is 4.79 Å². The van der Waals surface area contributed by atoms with Crippen molar-refractivity contribution in [3.05, 3.63) is 87.9 Å². The molecule has 2 unspecified atom stereocenters. The van der Waals surface area contributed by atoms with E-state index in [1.165, 1.54) is 6.33 Å². The van der Waals surface area contributed by atoms with Crippen molar-refractivity contribution in [1.82, 2.24) is 19.2 Å². The molecule has 8 heteroatoms. The van der Waals surface area contributed by atoms with E-state index in [4.69, 9.17) is 9.47 Å². The van der Waals surface area contributed by atoms with Crippen molar-refractivity contribution in [3.8, 4) is 11.1 Å². The van der Waals surface area contributed by atoms with Gasteiger partial charge in [-0.05, 0) is 50.2 Å². The van der Waals surface area contributed by atoms with Crippen LogP contribution in [0.3, 0.4) is 0 Å². The van der Waals surface area contributed by atoms with Gasteiger partial charge in [0.25, 0.3) is 5.56 Å². The van der Waals surface area contributed by atoms with E-state index in [1.807, 2.05) is 41.0 Å². The van der Waals surface area contributed by atoms with Gasteiger partial charge in [-0.1, -0.05) is 61.9 Å². The van der Waals surface area contributed by atoms with E-state index in [0.29, 0.717) is 28.9 Å². The number of fused-ring (bicyclic) bond motifs is 1. The molecule has 0 spiro atoms. The number of aryl methyl sites for hydroxylation is 1. The summed E-state index contributed by atoms with van der Waals surface area (Å²) in [7, 11) is 0. The Hall–Kier alpha value is -3.36. The van der Waals surface area contributed by atoms with Crippen LogP contribution in [0.25, 0.3) is 16.9 Å². The molecule has 1 saturated heterocycles. The number of hydrogen-bond acceptors (Lipinski definition) is 5. The predicted molar refractivity (Wildman–Crippen MR) is 147 cm³/mol. The molecule has 0 N–H and O–H groups in total. The van der Waals surface area contributed by atoms with Gasteiger partial charge in [0.1, 0.15) is 18.2 Å². The summed E-state index contributed by atoms with van der Waals surface area (Å²) in [4.78, 5) is 18.7. The highest BCUT2D eigenvalue weighted by molar-refractivity contribution is 5.65. The van der Waals surface area contributed by atoms with Crippen molar-refractivity contribution in [3.63, 3.8) is 0 Å². The van der Waals surface area contributed by atoms with Crippen LogP contribution >= 0.6 is 0 Å². The molecule has 3 heterocycles. The third-order valence-electron chi connectivity index (χ3n) is 8.14. The first-order valence-corrected chi connectivity index (χ1v) is 14.1. The average molecular weight is 531 g/mol. The van der Waals surface area contributed by atoms with Crippen LogP contribution in [-0.4, -0.2) is 44.1 Å². The second-order valence-corrected chi connectivity index (χ2v) is 10.8. The Balaban J connectivity index is 1.35. The highest BCUT2D eigenvalue weighted by atomic mass is 19.1. The Morgan fingerprint density at radius 1 is 1.10 bits per heavy atom. The van der Waals surface area contributed by atoms with Gasteiger partial charge in [-0.25, -0.2) is 8.91 Å². The SMILES string of the molecule is CCCc1c(Cc2cccc(-c3ccccc3)c2F)c(=O)n(C2CCC(OC(C)C3CO3)CC2)c2ncnn12. The minimum Gasteiger partial charge on any atom is -0.372 e. The van der Waals surface area contributed by atoms with Gasteiger partial charge in [-0.3, -0.25) is 9.36 Å². The molecule has 2 atom stereocenters. The zero-order valence-corrected chi connectivity index (χ0v) is 22.6. The molecule has 4 aromatic rings. The van der Waals surface area contributed by atoms with E-state index in [-0.39, 0.29) is 42.2 Å². The minimum atomic E-state index is -0.290. The van der Waals surface area contributed by atoms with Crippen LogP contribution in [0.2, 0.25) is 0 Å². The molecule has 0 radical (unpaired) electrons. The molecule has 2 aliphatic rings. The molecular weight excluding hydrogens is 495 g/mol. The molecule has 6 rings (SSSR count). The summed E-state index contributed by atoms with van der Waals surface area (Å²) >= 11 is 0. The maximum Gasteiger partial charge on any atom is 0.259 e. The van der Waals surface area contributed by atoms with Crippen LogP contribution in [0.5, 0.6) is 0 Å². The van der Waals surface area contributed by atoms with Crippen molar-refractivity contribution < 1.29 is 13.9 Å². The van der Waals surface area contributed by atoms with Gasteiger partial charge in [0.15, 0.2) is 0 Å². The number of hydrogen-bond donors (Lipinski definition) is 0. The summed E-state index contributed by atoms with van der Waals surface area (Å²) in [5.41, 5.74) is 3.17. The summed E-state index contributed by atoms with van der Waals surface area (Å²) in [6.45, 7) is 4.92. The molecule has 1 aliphatic heterocycles. The highest BCUT2D eigenvalue weighted by Crippen LogP contribution is 2.33. The van der Waals surface area contributed by atoms with Gasteiger partial charge in [-0.15, -0.1) is 0 Å². The zero-order chi connectivity index (χ0) is 26.9. The summed E-state index contributed by atoms with van der Waals surface area (Å²) in [6.07, 6.45) is 7.06. The molecule has 39 heavy (non-hydrogen) atoms. The van der Waals surface area contributed by atoms with E-state index < -0.39 is 0 Å². The lowest BCUT2D eigenvalue weighted by molar-refractivity contribution is -0.0377. The summed E-state index contributed by atoms with van der Waals surface area (Å²) in [5, 5.41) is 4.52. The van der Waals surface area contributed by atoms with Gasteiger partial charge < -0.3 is 9.47 Å². The number of benzene rings is 2. The smallest absolute Gasteiger partial charge is 0.259 e. The maximum atomic E-state index is 15.8. The quantitative estimate of drug-likeness (QED) is 0.266. The largest absolute Gasteiger partial charge is 0.372 e. The van der Waals surface area contributed by atoms with E-state index in [1.54, 1.807) is 16.6 Å². The van der Waals surface area contributed by atoms with E-state index >= 15 is 4.39 Å². The van der Waals surface area contributed by atoms with Gasteiger partial charge in [0, 0.05) is 23.6 Å². The first kappa shape index (κ1) is 25.9. The second kappa shape index (κ2) is 11.0. The average Bonchev–Trinajstić information content (AvgIpc) is 3.70. The van der Waals surface area contributed by atoms with Crippen LogP contribution < -0.4 is 5.56 Å². The fourth-order valence-electron chi connectivity index (χ4n) is 5.98. The van der Waals surface area contributed by atoms with Gasteiger partial charge >= 0.3 is 0 Å². The van der Waals surface area contributed by atoms with Gasteiger partial charge in [0.05, 0.1) is 24.5 Å². The van der Waals surface area contributed by atoms with Crippen LogP contribution in [0.4, 0.5) is 4.39 Å². The monoisotopic (exact) mass is 530 g/mol. The summed E-state index contributed by atoms with van der Waals surface area (Å²) < 4.78 is 31.1. The highest BCUT2D eigenvalue weighted by Gasteiger charge is 2.34. The lowest BCUT2D eigenvalue weighted by Crippen LogP contribution is -2.36. The number of epoxide rings is 1. The summed E-state index contributed by atoms with van der Waals surface area (Å²) in [6, 6.07) is 14.9. The molecular formula is C31H35FN4O3. The molecule has 204 valence electrons. The lowest BCUT2D eigenvalue weighted by Gasteiger charge is -2.31. The molecule has 1 aliphatic carbocycles. The Labute approximate surface area is 227 Å². The first-order valence-electron chi connectivity index (χ1n) is 14.1. The molecule has 0 amide bonds. The topological polar surface area (TPSA) is 73.9 Å². The number of rotatable bonds is 9. The minimum absolute atomic E-state index is 0.00791. The maximum absolute atomic E-state index is 15.8. The number of halogens is 1. The standard InChI is InChI=1S/C31H35FN4O3/c1-3-8-27-26(17-22-11-7-12-25(29(22)32)21-9-5-4-6-10-21)30(37)35(31-33-19-34-36(27)31)23-13-15-24(16-14-23)39-20(2)28-18-38-28/h4-7,9-12,19-20,23-24,28H,3,8,13-18H2,1-2H3. The number of ether oxygens (including phenoxy) is 2. The van der Waals surface area contributed by atoms with Crippen molar-refractivity contribution in [2.45, 2.75) is 83.1 Å². The number of aromatic nitrogens is 4. The molecule has 2 aromatic heterocycles. The Kier molecular flexibility index (Phi) is 7.32. The van der Waals surface area contributed by atoms with Crippen LogP contribution in [0.1, 0.15) is 68.8 Å². The fraction of sp³-hybridized carbons (Fsp3) is 0.452. The normalized spacial score (nSPS) is 21.8. The Morgan fingerprint density at radius 2 is 1.87 bits per heavy atom. The molecule has 0 bridgehead atoms. The third-order valence-corrected chi connectivity index (χ3v) is 8.14. The first-order chi connectivity index (χ1) is 19.0. The third kappa shape index (κ3) is 5.15. The van der Waals surface area contributed by atoms with Crippen molar-refractivity contribution in [2.24, 2.45) is 0 Å². The van der Waals surface area contributed by atoms with Gasteiger partial charge in [0.2, 0.25) is 5.78 Å². The number of nitrogens with zero attached hydrogens (tertiary/aromatic N) is 4. The molecule has 2 fully saturated rings. The van der Waals surface area contributed by atoms with E-state index in [0.717, 1.165) is 50.0 Å². The van der Waals surface area contributed by atoms with Crippen LogP contribution in [-0.2, 0) is 22.3 Å². The lowest BCUT2D eigenvalue weighted by atomic mass is 9.92. The zero-order valence-electron chi connectivity index (χ0n) is 22.6. The predicted octanol–water partition coefficient (Wildman–Crippen LogP) is 5.53. The fourth-order valence-corrected chi connectivity index (χ4v) is 5.98. The van der Waals surface area contributed by atoms with Crippen LogP contribution in [0.15, 0.2) is 59.7 Å². The van der Waals surface area contributed by atoms with Crippen molar-refractivity contribution >= 4 is 5.78 Å². The molecule has 7 nitrogen and oxygen atoms in total. The van der Waals surface area contributed by atoms with Crippen LogP contribution in [0, 0.1) is 5.82 Å². The van der Waals surface area contributed by atoms with E-state index in [2.05, 4.69) is 23.9 Å². The van der Waals surface area contributed by atoms with Gasteiger partial charge in [-0.2, -0.15) is 10.1 Å². The van der Waals surface area contributed by atoms with Crippen molar-refractivity contribution in [1.29, 1.82) is 0 Å². The Bertz CT molecular complexity index is 1500. The van der Waals surface area contributed by atoms with Crippen molar-refractivity contribution in [2.75, 3.05) is 6.61 Å².